The van der Waals surface area contributed by atoms with Crippen molar-refractivity contribution in [2.75, 3.05) is 0 Å². The molecule has 0 aliphatic carbocycles. The second-order valence-corrected chi connectivity index (χ2v) is 5.58. The number of carbonyl (C=O) groups excluding carboxylic acids is 1. The Morgan fingerprint density at radius 1 is 1.17 bits per heavy atom. The minimum atomic E-state index is -6.33. The standard InChI is InChI=1S/C12H12F8O4/c1-4-6(21)23-7(2)5-8(3,11(15,16)17)24-10(22,9(7,13)14)12(18,19)20/h4,22H,1,5H2,2-3H3. The Kier molecular flexibility index (Phi) is 4.54. The van der Waals surface area contributed by atoms with E-state index >= 15 is 0 Å². The average Bonchev–Trinajstić information content (AvgIpc) is 2.33. The molecule has 0 bridgehead atoms. The van der Waals surface area contributed by atoms with Crippen LogP contribution in [0.1, 0.15) is 20.3 Å². The van der Waals surface area contributed by atoms with Crippen molar-refractivity contribution < 1.29 is 54.5 Å². The lowest BCUT2D eigenvalue weighted by atomic mass is 9.76. The van der Waals surface area contributed by atoms with Crippen LogP contribution in [0.5, 0.6) is 0 Å². The molecule has 12 heteroatoms. The van der Waals surface area contributed by atoms with Crippen LogP contribution >= 0.6 is 0 Å². The lowest BCUT2D eigenvalue weighted by Gasteiger charge is -2.55. The third-order valence-electron chi connectivity index (χ3n) is 3.61. The Morgan fingerprint density at radius 3 is 1.96 bits per heavy atom. The number of halogens is 8. The van der Waals surface area contributed by atoms with Crippen LogP contribution in [0.15, 0.2) is 12.7 Å². The monoisotopic (exact) mass is 372 g/mol. The number of ether oxygens (including phenoxy) is 2. The fourth-order valence-corrected chi connectivity index (χ4v) is 2.30. The first-order valence-corrected chi connectivity index (χ1v) is 6.16. The Balaban J connectivity index is 3.64. The Bertz CT molecular complexity index is 542. The summed E-state index contributed by atoms with van der Waals surface area (Å²) in [4.78, 5) is 11.1. The van der Waals surface area contributed by atoms with Gasteiger partial charge in [-0.3, -0.25) is 0 Å². The summed E-state index contributed by atoms with van der Waals surface area (Å²) in [6.45, 7) is 2.98. The Morgan fingerprint density at radius 2 is 1.62 bits per heavy atom. The lowest BCUT2D eigenvalue weighted by molar-refractivity contribution is -0.513. The molecule has 0 aromatic heterocycles. The highest BCUT2D eigenvalue weighted by atomic mass is 19.4. The van der Waals surface area contributed by atoms with Gasteiger partial charge in [0.05, 0.1) is 0 Å². The molecule has 1 N–H and O–H groups in total. The van der Waals surface area contributed by atoms with Crippen LogP contribution in [-0.4, -0.2) is 46.3 Å². The van der Waals surface area contributed by atoms with Crippen molar-refractivity contribution in [3.63, 3.8) is 0 Å². The fourth-order valence-electron chi connectivity index (χ4n) is 2.30. The molecular weight excluding hydrogens is 360 g/mol. The van der Waals surface area contributed by atoms with Crippen LogP contribution in [0.4, 0.5) is 35.1 Å². The number of esters is 1. The molecule has 0 aromatic rings. The predicted molar refractivity (Wildman–Crippen MR) is 60.8 cm³/mol. The first-order valence-electron chi connectivity index (χ1n) is 6.16. The van der Waals surface area contributed by atoms with Crippen LogP contribution in [0.3, 0.4) is 0 Å². The van der Waals surface area contributed by atoms with Gasteiger partial charge in [-0.25, -0.2) is 4.79 Å². The van der Waals surface area contributed by atoms with Gasteiger partial charge in [0.15, 0.2) is 11.2 Å². The Hall–Kier alpha value is -1.43. The van der Waals surface area contributed by atoms with E-state index in [1.54, 1.807) is 0 Å². The quantitative estimate of drug-likeness (QED) is 0.460. The molecule has 1 heterocycles. The van der Waals surface area contributed by atoms with Gasteiger partial charge in [0.2, 0.25) is 0 Å². The topological polar surface area (TPSA) is 55.8 Å². The molecule has 1 saturated heterocycles. The van der Waals surface area contributed by atoms with E-state index in [-0.39, 0.29) is 19.9 Å². The van der Waals surface area contributed by atoms with E-state index in [2.05, 4.69) is 16.1 Å². The number of rotatable bonds is 2. The minimum Gasteiger partial charge on any atom is -0.449 e. The molecule has 1 aliphatic heterocycles. The second kappa shape index (κ2) is 5.28. The highest BCUT2D eigenvalue weighted by molar-refractivity contribution is 5.81. The molecule has 4 nitrogen and oxygen atoms in total. The molecule has 1 fully saturated rings. The van der Waals surface area contributed by atoms with E-state index < -0.39 is 47.7 Å². The highest BCUT2D eigenvalue weighted by Crippen LogP contribution is 2.60. The van der Waals surface area contributed by atoms with Crippen LogP contribution in [0, 0.1) is 0 Å². The summed E-state index contributed by atoms with van der Waals surface area (Å²) in [5.74, 6) is -12.7. The molecule has 1 rings (SSSR count). The van der Waals surface area contributed by atoms with E-state index in [1.807, 2.05) is 0 Å². The first kappa shape index (κ1) is 20.6. The van der Waals surface area contributed by atoms with E-state index in [1.165, 1.54) is 0 Å². The maximum atomic E-state index is 14.3. The fraction of sp³-hybridized carbons (Fsp3) is 0.750. The van der Waals surface area contributed by atoms with E-state index in [4.69, 9.17) is 0 Å². The third kappa shape index (κ3) is 2.75. The van der Waals surface area contributed by atoms with Gasteiger partial charge in [0.1, 0.15) is 0 Å². The van der Waals surface area contributed by atoms with E-state index in [0.717, 1.165) is 0 Å². The van der Waals surface area contributed by atoms with Crippen molar-refractivity contribution in [1.82, 2.24) is 0 Å². The minimum absolute atomic E-state index is 0.0267. The SMILES string of the molecule is C=CC(=O)OC1(C)CC(C)(C(F)(F)F)OC(O)(C(F)(F)F)C1(F)F. The number of hydrogen-bond donors (Lipinski definition) is 1. The zero-order valence-electron chi connectivity index (χ0n) is 12.2. The van der Waals surface area contributed by atoms with Gasteiger partial charge in [0.25, 0.3) is 0 Å². The number of carbonyl (C=O) groups is 1. The normalized spacial score (nSPS) is 37.0. The number of alkyl halides is 8. The van der Waals surface area contributed by atoms with Crippen molar-refractivity contribution >= 4 is 5.97 Å². The van der Waals surface area contributed by atoms with Gasteiger partial charge in [-0.05, 0) is 13.8 Å². The number of aliphatic hydroxyl groups is 1. The maximum absolute atomic E-state index is 14.3. The predicted octanol–water partition coefficient (Wildman–Crippen LogP) is 3.10. The van der Waals surface area contributed by atoms with Gasteiger partial charge in [-0.1, -0.05) is 6.58 Å². The molecule has 0 amide bonds. The smallest absolute Gasteiger partial charge is 0.449 e. The van der Waals surface area contributed by atoms with Crippen molar-refractivity contribution in [3.05, 3.63) is 12.7 Å². The lowest BCUT2D eigenvalue weighted by Crippen LogP contribution is -2.78. The molecular formula is C12H12F8O4. The summed E-state index contributed by atoms with van der Waals surface area (Å²) in [5, 5.41) is 9.34. The summed E-state index contributed by atoms with van der Waals surface area (Å²) in [5.41, 5.74) is -7.57. The largest absolute Gasteiger partial charge is 0.449 e. The number of hydrogen-bond acceptors (Lipinski definition) is 4. The molecule has 3 atom stereocenters. The van der Waals surface area contributed by atoms with Gasteiger partial charge in [-0.15, -0.1) is 0 Å². The summed E-state index contributed by atoms with van der Waals surface area (Å²) in [6.07, 6.45) is -13.5. The van der Waals surface area contributed by atoms with Gasteiger partial charge in [-0.2, -0.15) is 35.1 Å². The van der Waals surface area contributed by atoms with E-state index in [9.17, 15) is 45.0 Å². The molecule has 3 unspecified atom stereocenters. The summed E-state index contributed by atoms with van der Waals surface area (Å²) < 4.78 is 114. The Labute approximate surface area is 130 Å². The van der Waals surface area contributed by atoms with Crippen LogP contribution in [0.25, 0.3) is 0 Å². The van der Waals surface area contributed by atoms with Crippen LogP contribution in [-0.2, 0) is 14.3 Å². The van der Waals surface area contributed by atoms with Crippen molar-refractivity contribution in [2.24, 2.45) is 0 Å². The van der Waals surface area contributed by atoms with Gasteiger partial charge >= 0.3 is 30.0 Å². The molecule has 24 heavy (non-hydrogen) atoms. The zero-order valence-corrected chi connectivity index (χ0v) is 12.2. The molecule has 140 valence electrons. The summed E-state index contributed by atoms with van der Waals surface area (Å²) in [7, 11) is 0. The molecule has 0 aromatic carbocycles. The maximum Gasteiger partial charge on any atom is 0.449 e. The summed E-state index contributed by atoms with van der Waals surface area (Å²) >= 11 is 0. The highest BCUT2D eigenvalue weighted by Gasteiger charge is 2.85. The molecule has 1 aliphatic rings. The average molecular weight is 372 g/mol. The van der Waals surface area contributed by atoms with Crippen LogP contribution < -0.4 is 0 Å². The van der Waals surface area contributed by atoms with Crippen LogP contribution in [0.2, 0.25) is 0 Å². The van der Waals surface area contributed by atoms with Crippen molar-refractivity contribution in [1.29, 1.82) is 0 Å². The van der Waals surface area contributed by atoms with Gasteiger partial charge < -0.3 is 14.6 Å². The first-order chi connectivity index (χ1) is 10.4. The molecule has 0 radical (unpaired) electrons. The molecule has 0 saturated carbocycles. The molecule has 0 spiro atoms. The van der Waals surface area contributed by atoms with Crippen molar-refractivity contribution in [2.45, 2.75) is 55.5 Å². The van der Waals surface area contributed by atoms with E-state index in [0.29, 0.717) is 0 Å². The zero-order chi connectivity index (χ0) is 19.4. The second-order valence-electron chi connectivity index (χ2n) is 5.58. The third-order valence-corrected chi connectivity index (χ3v) is 3.61. The summed E-state index contributed by atoms with van der Waals surface area (Å²) in [6, 6.07) is 0. The van der Waals surface area contributed by atoms with Gasteiger partial charge in [0, 0.05) is 12.5 Å². The van der Waals surface area contributed by atoms with Crippen molar-refractivity contribution in [3.8, 4) is 0 Å².